The van der Waals surface area contributed by atoms with E-state index in [1.165, 1.54) is 19.3 Å². The summed E-state index contributed by atoms with van der Waals surface area (Å²) in [4.78, 5) is 13.0. The van der Waals surface area contributed by atoms with E-state index in [0.29, 0.717) is 13.0 Å². The first-order chi connectivity index (χ1) is 9.16. The molecule has 0 aromatic rings. The summed E-state index contributed by atoms with van der Waals surface area (Å²) in [6.45, 7) is 3.08. The molecule has 5 nitrogen and oxygen atoms in total. The van der Waals surface area contributed by atoms with Gasteiger partial charge in [0.25, 0.3) is 0 Å². The fourth-order valence-electron chi connectivity index (χ4n) is 3.17. The number of β-amino-alcohol motifs (C(OH)–C–C–N with tert-alkyl or cyclic N) is 1. The number of carboxylic acid groups (broad SMARTS) is 1. The molecule has 2 heterocycles. The van der Waals surface area contributed by atoms with Crippen molar-refractivity contribution >= 4 is 5.97 Å². The van der Waals surface area contributed by atoms with E-state index in [-0.39, 0.29) is 0 Å². The average molecular weight is 271 g/mol. The van der Waals surface area contributed by atoms with Crippen LogP contribution in [0.25, 0.3) is 0 Å². The molecular formula is C14H25NO4. The van der Waals surface area contributed by atoms with Crippen molar-refractivity contribution in [1.82, 2.24) is 4.90 Å². The third-order valence-electron chi connectivity index (χ3n) is 4.32. The number of hydrogen-bond acceptors (Lipinski definition) is 4. The number of hydrogen-bond donors (Lipinski definition) is 2. The highest BCUT2D eigenvalue weighted by Crippen LogP contribution is 2.22. The number of aliphatic carboxylic acids is 1. The molecule has 0 bridgehead atoms. The van der Waals surface area contributed by atoms with Crippen LogP contribution in [-0.4, -0.2) is 59.5 Å². The first kappa shape index (κ1) is 14.8. The second-order valence-corrected chi connectivity index (χ2v) is 5.79. The molecule has 2 aliphatic heterocycles. The lowest BCUT2D eigenvalue weighted by Crippen LogP contribution is -2.36. The standard InChI is InChI=1S/C14H25NO4/c16-12-9-13(14(17)18)15(10-12)6-2-1-3-11-4-7-19-8-5-11/h11-13,16H,1-10H2,(H,17,18). The third kappa shape index (κ3) is 4.44. The van der Waals surface area contributed by atoms with Gasteiger partial charge in [-0.3, -0.25) is 9.69 Å². The van der Waals surface area contributed by atoms with Crippen molar-refractivity contribution in [2.45, 2.75) is 50.7 Å². The minimum absolute atomic E-state index is 0.370. The monoisotopic (exact) mass is 271 g/mol. The summed E-state index contributed by atoms with van der Waals surface area (Å²) in [5, 5.41) is 18.7. The molecule has 0 aromatic heterocycles. The van der Waals surface area contributed by atoms with Gasteiger partial charge in [-0.1, -0.05) is 12.8 Å². The van der Waals surface area contributed by atoms with Crippen LogP contribution in [0.2, 0.25) is 0 Å². The Kier molecular flexibility index (Phi) is 5.60. The molecule has 0 aliphatic carbocycles. The highest BCUT2D eigenvalue weighted by Gasteiger charge is 2.35. The van der Waals surface area contributed by atoms with Gasteiger partial charge >= 0.3 is 5.97 Å². The van der Waals surface area contributed by atoms with Crippen LogP contribution in [0.1, 0.15) is 38.5 Å². The van der Waals surface area contributed by atoms with Crippen molar-refractivity contribution in [2.24, 2.45) is 5.92 Å². The van der Waals surface area contributed by atoms with Gasteiger partial charge in [0.2, 0.25) is 0 Å². The van der Waals surface area contributed by atoms with Crippen LogP contribution in [0, 0.1) is 5.92 Å². The van der Waals surface area contributed by atoms with Gasteiger partial charge in [0.05, 0.1) is 6.10 Å². The van der Waals surface area contributed by atoms with Gasteiger partial charge in [0.1, 0.15) is 6.04 Å². The fourth-order valence-corrected chi connectivity index (χ4v) is 3.17. The molecule has 2 aliphatic rings. The largest absolute Gasteiger partial charge is 0.480 e. The number of aliphatic hydroxyl groups excluding tert-OH is 1. The number of ether oxygens (including phenoxy) is 1. The quantitative estimate of drug-likeness (QED) is 0.708. The lowest BCUT2D eigenvalue weighted by atomic mass is 9.94. The summed E-state index contributed by atoms with van der Waals surface area (Å²) < 4.78 is 5.34. The summed E-state index contributed by atoms with van der Waals surface area (Å²) in [6, 6.07) is -0.488. The predicted molar refractivity (Wildman–Crippen MR) is 71.0 cm³/mol. The van der Waals surface area contributed by atoms with E-state index < -0.39 is 18.1 Å². The molecule has 5 heteroatoms. The lowest BCUT2D eigenvalue weighted by molar-refractivity contribution is -0.142. The topological polar surface area (TPSA) is 70.0 Å². The molecule has 2 atom stereocenters. The first-order valence-corrected chi connectivity index (χ1v) is 7.39. The Balaban J connectivity index is 1.63. The van der Waals surface area contributed by atoms with E-state index in [9.17, 15) is 9.90 Å². The van der Waals surface area contributed by atoms with Crippen LogP contribution in [0.5, 0.6) is 0 Å². The third-order valence-corrected chi connectivity index (χ3v) is 4.32. The molecule has 2 fully saturated rings. The van der Waals surface area contributed by atoms with Gasteiger partial charge in [-0.15, -0.1) is 0 Å². The van der Waals surface area contributed by atoms with Crippen molar-refractivity contribution in [2.75, 3.05) is 26.3 Å². The minimum Gasteiger partial charge on any atom is -0.480 e. The highest BCUT2D eigenvalue weighted by molar-refractivity contribution is 5.74. The van der Waals surface area contributed by atoms with Gasteiger partial charge in [0.15, 0.2) is 0 Å². The van der Waals surface area contributed by atoms with E-state index in [4.69, 9.17) is 9.84 Å². The van der Waals surface area contributed by atoms with Crippen LogP contribution in [0.3, 0.4) is 0 Å². The molecule has 0 spiro atoms. The van der Waals surface area contributed by atoms with Gasteiger partial charge in [-0.05, 0) is 31.7 Å². The Morgan fingerprint density at radius 3 is 2.68 bits per heavy atom. The first-order valence-electron chi connectivity index (χ1n) is 7.39. The molecule has 0 aromatic carbocycles. The SMILES string of the molecule is O=C(O)C1CC(O)CN1CCCCC1CCOCC1. The Hall–Kier alpha value is -0.650. The van der Waals surface area contributed by atoms with Gasteiger partial charge in [-0.25, -0.2) is 0 Å². The maximum atomic E-state index is 11.1. The van der Waals surface area contributed by atoms with Gasteiger partial charge in [-0.2, -0.15) is 0 Å². The maximum Gasteiger partial charge on any atom is 0.321 e. The van der Waals surface area contributed by atoms with Crippen molar-refractivity contribution in [3.8, 4) is 0 Å². The summed E-state index contributed by atoms with van der Waals surface area (Å²) >= 11 is 0. The number of rotatable bonds is 6. The lowest BCUT2D eigenvalue weighted by Gasteiger charge is -2.23. The van der Waals surface area contributed by atoms with Crippen molar-refractivity contribution in [3.05, 3.63) is 0 Å². The van der Waals surface area contributed by atoms with Crippen molar-refractivity contribution in [1.29, 1.82) is 0 Å². The molecule has 2 rings (SSSR count). The van der Waals surface area contributed by atoms with E-state index in [2.05, 4.69) is 0 Å². The molecule has 0 radical (unpaired) electrons. The Morgan fingerprint density at radius 2 is 2.00 bits per heavy atom. The zero-order valence-electron chi connectivity index (χ0n) is 11.5. The van der Waals surface area contributed by atoms with Crippen LogP contribution in [0.4, 0.5) is 0 Å². The molecule has 0 amide bonds. The fraction of sp³-hybridized carbons (Fsp3) is 0.929. The summed E-state index contributed by atoms with van der Waals surface area (Å²) in [5.41, 5.74) is 0. The van der Waals surface area contributed by atoms with Crippen molar-refractivity contribution in [3.63, 3.8) is 0 Å². The number of carboxylic acids is 1. The zero-order chi connectivity index (χ0) is 13.7. The van der Waals surface area contributed by atoms with Gasteiger partial charge in [0, 0.05) is 26.2 Å². The molecule has 2 unspecified atom stereocenters. The molecule has 2 N–H and O–H groups in total. The van der Waals surface area contributed by atoms with Crippen molar-refractivity contribution < 1.29 is 19.7 Å². The Morgan fingerprint density at radius 1 is 1.26 bits per heavy atom. The minimum atomic E-state index is -0.805. The highest BCUT2D eigenvalue weighted by atomic mass is 16.5. The van der Waals surface area contributed by atoms with E-state index >= 15 is 0 Å². The smallest absolute Gasteiger partial charge is 0.321 e. The average Bonchev–Trinajstić information content (AvgIpc) is 2.77. The summed E-state index contributed by atoms with van der Waals surface area (Å²) in [5.74, 6) is -0.0193. The van der Waals surface area contributed by atoms with Crippen LogP contribution >= 0.6 is 0 Å². The Bertz CT molecular complexity index is 291. The van der Waals surface area contributed by atoms with Crippen LogP contribution < -0.4 is 0 Å². The molecule has 19 heavy (non-hydrogen) atoms. The molecule has 2 saturated heterocycles. The second-order valence-electron chi connectivity index (χ2n) is 5.79. The number of nitrogens with zero attached hydrogens (tertiary/aromatic N) is 1. The number of unbranched alkanes of at least 4 members (excludes halogenated alkanes) is 1. The van der Waals surface area contributed by atoms with E-state index in [0.717, 1.165) is 38.5 Å². The summed E-state index contributed by atoms with van der Waals surface area (Å²) in [7, 11) is 0. The number of aliphatic hydroxyl groups is 1. The number of carbonyl (C=O) groups is 1. The normalized spacial score (nSPS) is 29.7. The zero-order valence-corrected chi connectivity index (χ0v) is 11.5. The Labute approximate surface area is 114 Å². The van der Waals surface area contributed by atoms with E-state index in [1.54, 1.807) is 0 Å². The molecule has 110 valence electrons. The molecule has 0 saturated carbocycles. The summed E-state index contributed by atoms with van der Waals surface area (Å²) in [6.07, 6.45) is 5.61. The number of likely N-dealkylation sites (tertiary alicyclic amines) is 1. The van der Waals surface area contributed by atoms with Crippen LogP contribution in [-0.2, 0) is 9.53 Å². The maximum absolute atomic E-state index is 11.1. The second kappa shape index (κ2) is 7.22. The van der Waals surface area contributed by atoms with Gasteiger partial charge < -0.3 is 14.9 Å². The molecular weight excluding hydrogens is 246 g/mol. The predicted octanol–water partition coefficient (Wildman–Crippen LogP) is 1.10. The van der Waals surface area contributed by atoms with Crippen LogP contribution in [0.15, 0.2) is 0 Å². The van der Waals surface area contributed by atoms with E-state index in [1.807, 2.05) is 4.90 Å².